The van der Waals surface area contributed by atoms with Gasteiger partial charge in [0.25, 0.3) is 0 Å². The van der Waals surface area contributed by atoms with Crippen LogP contribution in [-0.2, 0) is 11.3 Å². The van der Waals surface area contributed by atoms with E-state index in [1.165, 1.54) is 18.8 Å². The van der Waals surface area contributed by atoms with Gasteiger partial charge in [-0.25, -0.2) is 4.79 Å². The average molecular weight is 454 g/mol. The second-order valence-electron chi connectivity index (χ2n) is 7.02. The lowest BCUT2D eigenvalue weighted by Crippen LogP contribution is -2.39. The minimum absolute atomic E-state index is 0.420. The van der Waals surface area contributed by atoms with Crippen LogP contribution in [0.1, 0.15) is 30.6 Å². The van der Waals surface area contributed by atoms with Crippen molar-refractivity contribution in [1.82, 2.24) is 25.4 Å². The molecule has 32 heavy (non-hydrogen) atoms. The number of benzene rings is 2. The average Bonchev–Trinajstić information content (AvgIpc) is 3.23. The Morgan fingerprint density at radius 2 is 1.81 bits per heavy atom. The largest absolute Gasteiger partial charge is 0.497 e. The topological polar surface area (TPSA) is 98.1 Å². The first-order valence-corrected chi connectivity index (χ1v) is 11.3. The summed E-state index contributed by atoms with van der Waals surface area (Å²) >= 11 is 1.28. The monoisotopic (exact) mass is 453 g/mol. The third kappa shape index (κ3) is 5.67. The summed E-state index contributed by atoms with van der Waals surface area (Å²) in [5.41, 5.74) is 1.68. The van der Waals surface area contributed by atoms with Gasteiger partial charge in [-0.2, -0.15) is 0 Å². The van der Waals surface area contributed by atoms with E-state index < -0.39 is 17.2 Å². The third-order valence-corrected chi connectivity index (χ3v) is 6.06. The smallest absolute Gasteiger partial charge is 0.321 e. The predicted molar refractivity (Wildman–Crippen MR) is 125 cm³/mol. The first-order chi connectivity index (χ1) is 15.6. The molecular formula is C23H27N5O3S. The highest BCUT2D eigenvalue weighted by atomic mass is 32.2. The molecule has 2 N–H and O–H groups in total. The second-order valence-corrected chi connectivity index (χ2v) is 8.09. The minimum Gasteiger partial charge on any atom is -0.497 e. The number of hydrogen-bond donors (Lipinski definition) is 2. The highest BCUT2D eigenvalue weighted by Crippen LogP contribution is 2.36. The number of carbonyl (C=O) groups is 2. The van der Waals surface area contributed by atoms with Crippen molar-refractivity contribution in [3.05, 3.63) is 60.2 Å². The standard InChI is InChI=1S/C23H27N5O3S/c1-4-5-15-28-20(17-11-13-18(31-3)14-12-17)26-27-23(28)32-19(16-9-7-6-8-10-16)21(29)25-22(30)24-2/h6-14,19H,4-5,15H2,1-3H3,(H2,24,25,29,30)/t19-/m1/s1. The lowest BCUT2D eigenvalue weighted by molar-refractivity contribution is -0.119. The summed E-state index contributed by atoms with van der Waals surface area (Å²) in [7, 11) is 3.09. The van der Waals surface area contributed by atoms with Crippen molar-refractivity contribution in [1.29, 1.82) is 0 Å². The molecule has 1 heterocycles. The van der Waals surface area contributed by atoms with Crippen molar-refractivity contribution in [3.8, 4) is 17.1 Å². The lowest BCUT2D eigenvalue weighted by Gasteiger charge is -2.17. The maximum absolute atomic E-state index is 12.9. The Labute approximate surface area is 191 Å². The number of aromatic nitrogens is 3. The molecule has 1 aromatic heterocycles. The molecule has 3 aromatic rings. The van der Waals surface area contributed by atoms with Crippen molar-refractivity contribution in [2.75, 3.05) is 14.2 Å². The van der Waals surface area contributed by atoms with Gasteiger partial charge in [0.2, 0.25) is 5.91 Å². The van der Waals surface area contributed by atoms with Crippen molar-refractivity contribution in [2.24, 2.45) is 0 Å². The number of methoxy groups -OCH3 is 1. The Morgan fingerprint density at radius 3 is 2.44 bits per heavy atom. The van der Waals surface area contributed by atoms with Gasteiger partial charge < -0.3 is 14.6 Å². The molecule has 0 aliphatic carbocycles. The molecular weight excluding hydrogens is 426 g/mol. The molecule has 0 spiro atoms. The predicted octanol–water partition coefficient (Wildman–Crippen LogP) is 4.04. The number of hydrogen-bond acceptors (Lipinski definition) is 6. The van der Waals surface area contributed by atoms with Gasteiger partial charge in [0.05, 0.1) is 7.11 Å². The zero-order chi connectivity index (χ0) is 22.9. The summed E-state index contributed by atoms with van der Waals surface area (Å²) in [4.78, 5) is 24.7. The van der Waals surface area contributed by atoms with E-state index in [2.05, 4.69) is 27.8 Å². The number of imide groups is 1. The lowest BCUT2D eigenvalue weighted by atomic mass is 10.1. The van der Waals surface area contributed by atoms with Crippen LogP contribution in [0.2, 0.25) is 0 Å². The van der Waals surface area contributed by atoms with E-state index in [1.807, 2.05) is 59.2 Å². The van der Waals surface area contributed by atoms with Crippen LogP contribution in [0.25, 0.3) is 11.4 Å². The fraction of sp³-hybridized carbons (Fsp3) is 0.304. The highest BCUT2D eigenvalue weighted by Gasteiger charge is 2.27. The first kappa shape index (κ1) is 23.3. The molecule has 1 atom stereocenters. The summed E-state index contributed by atoms with van der Waals surface area (Å²) < 4.78 is 7.28. The molecule has 0 radical (unpaired) electrons. The van der Waals surface area contributed by atoms with Crippen LogP contribution in [0.5, 0.6) is 5.75 Å². The van der Waals surface area contributed by atoms with Crippen LogP contribution >= 0.6 is 11.8 Å². The number of nitrogens with zero attached hydrogens (tertiary/aromatic N) is 3. The van der Waals surface area contributed by atoms with Crippen LogP contribution in [0.3, 0.4) is 0 Å². The molecule has 0 aliphatic rings. The number of ether oxygens (including phenoxy) is 1. The van der Waals surface area contributed by atoms with Crippen LogP contribution in [-0.4, -0.2) is 40.9 Å². The number of amides is 3. The maximum Gasteiger partial charge on any atom is 0.321 e. The van der Waals surface area contributed by atoms with Crippen molar-refractivity contribution in [3.63, 3.8) is 0 Å². The first-order valence-electron chi connectivity index (χ1n) is 10.4. The Hall–Kier alpha value is -3.33. The van der Waals surface area contributed by atoms with Gasteiger partial charge in [0, 0.05) is 19.2 Å². The Balaban J connectivity index is 1.96. The van der Waals surface area contributed by atoms with Gasteiger partial charge in [-0.3, -0.25) is 10.1 Å². The molecule has 0 unspecified atom stereocenters. The van der Waals surface area contributed by atoms with Crippen molar-refractivity contribution >= 4 is 23.7 Å². The van der Waals surface area contributed by atoms with Crippen molar-refractivity contribution in [2.45, 2.75) is 36.7 Å². The molecule has 0 fully saturated rings. The molecule has 168 valence electrons. The SMILES string of the molecule is CCCCn1c(S[C@@H](C(=O)NC(=O)NC)c2ccccc2)nnc1-c1ccc(OC)cc1. The molecule has 9 heteroatoms. The Morgan fingerprint density at radius 1 is 1.09 bits per heavy atom. The van der Waals surface area contributed by atoms with Gasteiger partial charge >= 0.3 is 6.03 Å². The normalized spacial score (nSPS) is 11.6. The number of urea groups is 1. The number of unbranched alkanes of at least 4 members (excludes halogenated alkanes) is 1. The van der Waals surface area contributed by atoms with Crippen LogP contribution in [0.4, 0.5) is 4.79 Å². The maximum atomic E-state index is 12.9. The molecule has 3 amide bonds. The minimum atomic E-state index is -0.665. The summed E-state index contributed by atoms with van der Waals surface area (Å²) in [5.74, 6) is 1.07. The molecule has 0 saturated carbocycles. The van der Waals surface area contributed by atoms with Crippen LogP contribution in [0.15, 0.2) is 59.8 Å². The summed E-state index contributed by atoms with van der Waals surface area (Å²) in [6.07, 6.45) is 1.94. The van der Waals surface area contributed by atoms with E-state index in [-0.39, 0.29) is 0 Å². The Kier molecular flexibility index (Phi) is 8.27. The molecule has 0 aliphatic heterocycles. The van der Waals surface area contributed by atoms with Crippen LogP contribution in [0, 0.1) is 0 Å². The summed E-state index contributed by atoms with van der Waals surface area (Å²) in [6, 6.07) is 16.4. The second kappa shape index (κ2) is 11.3. The van der Waals surface area contributed by atoms with Gasteiger partial charge in [0.1, 0.15) is 11.0 Å². The molecule has 2 aromatic carbocycles. The highest BCUT2D eigenvalue weighted by molar-refractivity contribution is 8.00. The van der Waals surface area contributed by atoms with E-state index >= 15 is 0 Å². The molecule has 0 saturated heterocycles. The molecule has 0 bridgehead atoms. The number of nitrogens with one attached hydrogen (secondary N) is 2. The van der Waals surface area contributed by atoms with E-state index in [0.717, 1.165) is 35.5 Å². The third-order valence-electron chi connectivity index (χ3n) is 4.83. The van der Waals surface area contributed by atoms with E-state index in [9.17, 15) is 9.59 Å². The van der Waals surface area contributed by atoms with Crippen molar-refractivity contribution < 1.29 is 14.3 Å². The molecule has 8 nitrogen and oxygen atoms in total. The number of carbonyl (C=O) groups excluding carboxylic acids is 2. The quantitative estimate of drug-likeness (QED) is 0.475. The zero-order valence-corrected chi connectivity index (χ0v) is 19.2. The van der Waals surface area contributed by atoms with Gasteiger partial charge in [-0.1, -0.05) is 55.4 Å². The van der Waals surface area contributed by atoms with Gasteiger partial charge in [-0.15, -0.1) is 10.2 Å². The molecule has 3 rings (SSSR count). The van der Waals surface area contributed by atoms with Gasteiger partial charge in [0.15, 0.2) is 11.0 Å². The number of thioether (sulfide) groups is 1. The summed E-state index contributed by atoms with van der Waals surface area (Å²) in [6.45, 7) is 2.83. The van der Waals surface area contributed by atoms with Crippen LogP contribution < -0.4 is 15.4 Å². The van der Waals surface area contributed by atoms with Gasteiger partial charge in [-0.05, 0) is 36.2 Å². The fourth-order valence-corrected chi connectivity index (χ4v) is 4.16. The van der Waals surface area contributed by atoms with E-state index in [1.54, 1.807) is 7.11 Å². The van der Waals surface area contributed by atoms with E-state index in [4.69, 9.17) is 4.74 Å². The van der Waals surface area contributed by atoms with E-state index in [0.29, 0.717) is 11.7 Å². The zero-order valence-electron chi connectivity index (χ0n) is 18.4. The Bertz CT molecular complexity index is 1040. The number of rotatable bonds is 9. The summed E-state index contributed by atoms with van der Waals surface area (Å²) in [5, 5.41) is 13.6. The fourth-order valence-electron chi connectivity index (χ4n) is 3.09.